The molecule has 0 unspecified atom stereocenters. The van der Waals surface area contributed by atoms with E-state index in [1.165, 1.54) is 5.22 Å². The molecule has 0 atom stereocenters. The van der Waals surface area contributed by atoms with E-state index < -0.39 is 0 Å². The molecular formula is C58H43N7O. The summed E-state index contributed by atoms with van der Waals surface area (Å²) in [7, 11) is 0. The molecule has 8 nitrogen and oxygen atoms in total. The van der Waals surface area contributed by atoms with Crippen molar-refractivity contribution in [3.05, 3.63) is 192 Å². The molecule has 316 valence electrons. The molecule has 0 spiro atoms. The summed E-state index contributed by atoms with van der Waals surface area (Å²) < 4.78 is 8.84. The summed E-state index contributed by atoms with van der Waals surface area (Å²) in [6.45, 7) is 8.24. The fourth-order valence-corrected chi connectivity index (χ4v) is 8.79. The van der Waals surface area contributed by atoms with Gasteiger partial charge in [-0.25, -0.2) is 29.9 Å². The Morgan fingerprint density at radius 3 is 1.53 bits per heavy atom. The van der Waals surface area contributed by atoms with E-state index >= 15 is 0 Å². The normalized spacial score (nSPS) is 12.5. The lowest BCUT2D eigenvalue weighted by Gasteiger charge is -2.11. The molecule has 0 N–H and O–H groups in total. The van der Waals surface area contributed by atoms with Crippen molar-refractivity contribution >= 4 is 50.6 Å². The number of allylic oxidation sites excluding steroid dienone is 2. The Kier molecular flexibility index (Phi) is 10.2. The van der Waals surface area contributed by atoms with E-state index in [9.17, 15) is 0 Å². The monoisotopic (exact) mass is 853 g/mol. The van der Waals surface area contributed by atoms with Gasteiger partial charge in [-0.2, -0.15) is 0 Å². The zero-order valence-corrected chi connectivity index (χ0v) is 36.9. The number of benzene rings is 7. The lowest BCUT2D eigenvalue weighted by atomic mass is 9.99. The van der Waals surface area contributed by atoms with Gasteiger partial charge in [-0.1, -0.05) is 133 Å². The summed E-state index contributed by atoms with van der Waals surface area (Å²) in [5.74, 6) is 3.76. The van der Waals surface area contributed by atoms with E-state index in [0.717, 1.165) is 88.4 Å². The number of aromatic nitrogens is 7. The number of fused-ring (bicyclic) bond motifs is 4. The Morgan fingerprint density at radius 2 is 0.970 bits per heavy atom. The fourth-order valence-electron chi connectivity index (χ4n) is 8.79. The number of rotatable bonds is 8. The summed E-state index contributed by atoms with van der Waals surface area (Å²) in [5.41, 5.74) is 11.5. The van der Waals surface area contributed by atoms with Gasteiger partial charge < -0.3 is 8.98 Å². The highest BCUT2D eigenvalue weighted by molar-refractivity contribution is 6.13. The SMILES string of the molecule is C/C=c1\c(=C/C)n(-c2ccc(-c3nc(/C(C)=C/C)nc(-c4ccccc4)n3)cc2)c2ccc(-c3ccc4oc5cccc(-c6nc(-c7ccccc7)nc(-c7ccccc7)n6)c5c4c3)cc12. The van der Waals surface area contributed by atoms with Gasteiger partial charge in [-0.3, -0.25) is 0 Å². The van der Waals surface area contributed by atoms with Crippen molar-refractivity contribution in [1.29, 1.82) is 0 Å². The Morgan fingerprint density at radius 1 is 0.455 bits per heavy atom. The molecule has 11 aromatic rings. The number of nitrogens with zero attached hydrogens (tertiary/aromatic N) is 7. The average molecular weight is 854 g/mol. The fraction of sp³-hybridized carbons (Fsp3) is 0.0690. The first kappa shape index (κ1) is 40.2. The lowest BCUT2D eigenvalue weighted by Crippen LogP contribution is -2.27. The molecule has 4 heterocycles. The molecule has 0 radical (unpaired) electrons. The highest BCUT2D eigenvalue weighted by Crippen LogP contribution is 2.39. The van der Waals surface area contributed by atoms with Crippen LogP contribution in [-0.4, -0.2) is 34.5 Å². The summed E-state index contributed by atoms with van der Waals surface area (Å²) in [4.78, 5) is 29.7. The third-order valence-corrected chi connectivity index (χ3v) is 12.2. The Labute approximate surface area is 381 Å². The minimum absolute atomic E-state index is 0.586. The molecule has 0 aliphatic carbocycles. The van der Waals surface area contributed by atoms with E-state index in [2.05, 4.69) is 97.3 Å². The van der Waals surface area contributed by atoms with Crippen LogP contribution >= 0.6 is 0 Å². The van der Waals surface area contributed by atoms with Gasteiger partial charge in [0.2, 0.25) is 0 Å². The second-order valence-corrected chi connectivity index (χ2v) is 16.2. The van der Waals surface area contributed by atoms with Gasteiger partial charge in [0, 0.05) is 60.2 Å². The van der Waals surface area contributed by atoms with Crippen molar-refractivity contribution < 1.29 is 4.42 Å². The van der Waals surface area contributed by atoms with Crippen molar-refractivity contribution in [2.45, 2.75) is 27.7 Å². The molecule has 0 saturated heterocycles. The smallest absolute Gasteiger partial charge is 0.164 e. The van der Waals surface area contributed by atoms with Crippen LogP contribution in [0.1, 0.15) is 33.5 Å². The van der Waals surface area contributed by atoms with Gasteiger partial charge >= 0.3 is 0 Å². The summed E-state index contributed by atoms with van der Waals surface area (Å²) >= 11 is 0. The molecule has 0 aliphatic heterocycles. The van der Waals surface area contributed by atoms with E-state index in [4.69, 9.17) is 34.3 Å². The standard InChI is InChI=1S/C58H43N7O/c1-5-36(4)53-59-54(37-18-11-8-12-19-37)61-57(60-53)40-26-30-43(31-27-40)65-48(7-3)44(6-2)46-34-41(28-32-49(46)65)42-29-33-50-47(35-42)52-45(24-17-25-51(52)66-50)58-63-55(38-20-13-9-14-21-38)62-56(64-58)39-22-15-10-16-23-39/h5-35H,1-4H3/b36-5+,44-6-,48-7+. The molecule has 0 fully saturated rings. The number of hydrogen-bond acceptors (Lipinski definition) is 7. The molecule has 11 rings (SSSR count). The van der Waals surface area contributed by atoms with Crippen LogP contribution in [0.15, 0.2) is 180 Å². The summed E-state index contributed by atoms with van der Waals surface area (Å²) in [6, 6.07) is 57.9. The van der Waals surface area contributed by atoms with Crippen molar-refractivity contribution in [1.82, 2.24) is 34.5 Å². The molecule has 0 amide bonds. The average Bonchev–Trinajstić information content (AvgIpc) is 3.93. The first-order valence-corrected chi connectivity index (χ1v) is 22.1. The lowest BCUT2D eigenvalue weighted by molar-refractivity contribution is 0.669. The van der Waals surface area contributed by atoms with E-state index in [0.29, 0.717) is 34.9 Å². The summed E-state index contributed by atoms with van der Waals surface area (Å²) in [5, 5.41) is 5.41. The maximum absolute atomic E-state index is 6.51. The predicted octanol–water partition coefficient (Wildman–Crippen LogP) is 12.9. The molecule has 8 heteroatoms. The topological polar surface area (TPSA) is 95.4 Å². The zero-order chi connectivity index (χ0) is 44.7. The van der Waals surface area contributed by atoms with Crippen LogP contribution in [0.3, 0.4) is 0 Å². The van der Waals surface area contributed by atoms with E-state index in [1.807, 2.05) is 123 Å². The van der Waals surface area contributed by atoms with Gasteiger partial charge in [-0.05, 0) is 99.0 Å². The highest BCUT2D eigenvalue weighted by atomic mass is 16.3. The van der Waals surface area contributed by atoms with Gasteiger partial charge in [0.25, 0.3) is 0 Å². The van der Waals surface area contributed by atoms with Crippen molar-refractivity contribution in [3.8, 4) is 73.8 Å². The van der Waals surface area contributed by atoms with E-state index in [1.54, 1.807) is 0 Å². The van der Waals surface area contributed by atoms with Crippen LogP contribution in [0.25, 0.3) is 124 Å². The Hall–Kier alpha value is -8.62. The second-order valence-electron chi connectivity index (χ2n) is 16.2. The molecule has 0 saturated carbocycles. The van der Waals surface area contributed by atoms with E-state index in [-0.39, 0.29) is 0 Å². The largest absolute Gasteiger partial charge is 0.456 e. The van der Waals surface area contributed by atoms with Crippen LogP contribution in [0.2, 0.25) is 0 Å². The third-order valence-electron chi connectivity index (χ3n) is 12.2. The zero-order valence-electron chi connectivity index (χ0n) is 36.9. The van der Waals surface area contributed by atoms with Crippen LogP contribution in [0, 0.1) is 0 Å². The minimum atomic E-state index is 0.586. The quantitative estimate of drug-likeness (QED) is 0.150. The first-order valence-electron chi connectivity index (χ1n) is 22.1. The number of hydrogen-bond donors (Lipinski definition) is 0. The molecule has 4 aromatic heterocycles. The van der Waals surface area contributed by atoms with Crippen LogP contribution in [0.4, 0.5) is 0 Å². The van der Waals surface area contributed by atoms with Gasteiger partial charge in [0.15, 0.2) is 34.9 Å². The minimum Gasteiger partial charge on any atom is -0.456 e. The Bertz CT molecular complexity index is 3720. The van der Waals surface area contributed by atoms with Crippen LogP contribution in [-0.2, 0) is 0 Å². The van der Waals surface area contributed by atoms with Crippen LogP contribution < -0.4 is 10.6 Å². The molecule has 66 heavy (non-hydrogen) atoms. The van der Waals surface area contributed by atoms with Crippen molar-refractivity contribution in [2.75, 3.05) is 0 Å². The maximum Gasteiger partial charge on any atom is 0.164 e. The number of furan rings is 1. The van der Waals surface area contributed by atoms with Gasteiger partial charge in [0.1, 0.15) is 11.2 Å². The summed E-state index contributed by atoms with van der Waals surface area (Å²) in [6.07, 6.45) is 6.42. The third kappa shape index (κ3) is 7.15. The first-order chi connectivity index (χ1) is 32.5. The molecule has 0 bridgehead atoms. The molecule has 0 aliphatic rings. The van der Waals surface area contributed by atoms with Gasteiger partial charge in [0.05, 0.1) is 5.52 Å². The molecule has 7 aromatic carbocycles. The highest BCUT2D eigenvalue weighted by Gasteiger charge is 2.20. The van der Waals surface area contributed by atoms with Crippen molar-refractivity contribution in [3.63, 3.8) is 0 Å². The maximum atomic E-state index is 6.51. The predicted molar refractivity (Wildman–Crippen MR) is 269 cm³/mol. The van der Waals surface area contributed by atoms with Crippen LogP contribution in [0.5, 0.6) is 0 Å². The van der Waals surface area contributed by atoms with Crippen molar-refractivity contribution in [2.24, 2.45) is 0 Å². The second kappa shape index (κ2) is 16.8. The molecular weight excluding hydrogens is 811 g/mol. The Balaban J connectivity index is 1.00. The van der Waals surface area contributed by atoms with Gasteiger partial charge in [-0.15, -0.1) is 0 Å².